The van der Waals surface area contributed by atoms with Gasteiger partial charge >= 0.3 is 0 Å². The average molecular weight is 459 g/mol. The minimum Gasteiger partial charge on any atom is -0.218 e. The van der Waals surface area contributed by atoms with Gasteiger partial charge < -0.3 is 0 Å². The minimum absolute atomic E-state index is 0.113. The smallest absolute Gasteiger partial charge is 0.207 e. The zero-order valence-corrected chi connectivity index (χ0v) is 18.5. The van der Waals surface area contributed by atoms with Crippen molar-refractivity contribution in [2.45, 2.75) is 19.6 Å². The molecule has 0 amide bonds. The molecule has 0 atom stereocenters. The molecule has 0 spiro atoms. The van der Waals surface area contributed by atoms with Crippen LogP contribution >= 0.6 is 0 Å². The van der Waals surface area contributed by atoms with Gasteiger partial charge in [0.15, 0.2) is 0 Å². The Kier molecular flexibility index (Phi) is 4.84. The molecule has 0 bridgehead atoms. The molecule has 0 aliphatic heterocycles. The van der Waals surface area contributed by atoms with Crippen LogP contribution in [0.2, 0.25) is 0 Å². The number of benzene rings is 5. The van der Waals surface area contributed by atoms with Crippen LogP contribution in [0, 0.1) is 0 Å². The van der Waals surface area contributed by atoms with Crippen molar-refractivity contribution in [3.05, 3.63) is 109 Å². The number of fused-ring (bicyclic) bond motifs is 2. The Balaban J connectivity index is 1.99. The van der Waals surface area contributed by atoms with Crippen molar-refractivity contribution in [3.8, 4) is 0 Å². The third-order valence-corrected chi connectivity index (χ3v) is 9.22. The highest BCUT2D eigenvalue weighted by Gasteiger charge is 2.30. The Morgan fingerprint density at radius 3 is 0.875 bits per heavy atom. The van der Waals surface area contributed by atoms with Crippen LogP contribution in [0.1, 0.15) is 0 Å². The van der Waals surface area contributed by atoms with E-state index in [0.717, 1.165) is 0 Å². The molecule has 0 aromatic heterocycles. The first-order chi connectivity index (χ1) is 15.4. The van der Waals surface area contributed by atoms with Crippen LogP contribution in [0.15, 0.2) is 129 Å². The molecule has 32 heavy (non-hydrogen) atoms. The van der Waals surface area contributed by atoms with E-state index in [2.05, 4.69) is 0 Å². The average Bonchev–Trinajstić information content (AvgIpc) is 2.83. The van der Waals surface area contributed by atoms with Crippen LogP contribution in [-0.4, -0.2) is 16.8 Å². The van der Waals surface area contributed by atoms with Crippen molar-refractivity contribution < 1.29 is 16.8 Å². The Hall–Kier alpha value is -3.48. The molecular formula is C26H18O4S2. The van der Waals surface area contributed by atoms with Crippen molar-refractivity contribution in [3.63, 3.8) is 0 Å². The van der Waals surface area contributed by atoms with Crippen LogP contribution in [0.5, 0.6) is 0 Å². The Morgan fingerprint density at radius 1 is 0.344 bits per heavy atom. The first-order valence-corrected chi connectivity index (χ1v) is 12.9. The second kappa shape index (κ2) is 7.58. The Bertz CT molecular complexity index is 1490. The molecule has 0 heterocycles. The topological polar surface area (TPSA) is 68.3 Å². The standard InChI is InChI=1S/C26H18O4S2/c27-31(28,19-11-3-1-4-12-19)25-21-15-7-9-17-23(21)26(24-18-10-8-16-22(24)25)32(29,30)20-13-5-2-6-14-20/h1-18H. The molecule has 0 saturated carbocycles. The van der Waals surface area contributed by atoms with Gasteiger partial charge in [-0.15, -0.1) is 0 Å². The molecule has 158 valence electrons. The fourth-order valence-corrected chi connectivity index (χ4v) is 7.43. The van der Waals surface area contributed by atoms with Gasteiger partial charge in [0.2, 0.25) is 19.7 Å². The maximum Gasteiger partial charge on any atom is 0.207 e. The molecule has 5 aromatic rings. The number of sulfone groups is 2. The predicted molar refractivity (Wildman–Crippen MR) is 125 cm³/mol. The number of hydrogen-bond acceptors (Lipinski definition) is 4. The van der Waals surface area contributed by atoms with Crippen LogP contribution in [0.4, 0.5) is 0 Å². The quantitative estimate of drug-likeness (QED) is 0.326. The maximum atomic E-state index is 13.7. The summed E-state index contributed by atoms with van der Waals surface area (Å²) < 4.78 is 55.0. The lowest BCUT2D eigenvalue weighted by Gasteiger charge is -2.17. The summed E-state index contributed by atoms with van der Waals surface area (Å²) in [7, 11) is -7.83. The van der Waals surface area contributed by atoms with Crippen LogP contribution in [0.3, 0.4) is 0 Å². The molecule has 5 aromatic carbocycles. The van der Waals surface area contributed by atoms with Crippen LogP contribution in [-0.2, 0) is 19.7 Å². The summed E-state index contributed by atoms with van der Waals surface area (Å²) in [6, 6.07) is 30.0. The molecule has 6 heteroatoms. The first-order valence-electron chi connectivity index (χ1n) is 9.96. The molecule has 0 unspecified atom stereocenters. The van der Waals surface area contributed by atoms with E-state index >= 15 is 0 Å². The molecule has 0 aliphatic rings. The van der Waals surface area contributed by atoms with Gasteiger partial charge in [-0.1, -0.05) is 84.9 Å². The van der Waals surface area contributed by atoms with Crippen molar-refractivity contribution in [2.24, 2.45) is 0 Å². The second-order valence-corrected chi connectivity index (χ2v) is 11.2. The predicted octanol–water partition coefficient (Wildman–Crippen LogP) is 5.66. The van der Waals surface area contributed by atoms with E-state index in [1.807, 2.05) is 0 Å². The third-order valence-electron chi connectivity index (χ3n) is 5.48. The number of rotatable bonds is 4. The van der Waals surface area contributed by atoms with Crippen molar-refractivity contribution in [1.82, 2.24) is 0 Å². The van der Waals surface area contributed by atoms with E-state index in [9.17, 15) is 16.8 Å². The Labute approximate surface area is 186 Å². The molecule has 0 N–H and O–H groups in total. The zero-order chi connectivity index (χ0) is 22.3. The second-order valence-electron chi connectivity index (χ2n) is 7.38. The van der Waals surface area contributed by atoms with Gasteiger partial charge in [0.25, 0.3) is 0 Å². The van der Waals surface area contributed by atoms with E-state index in [1.165, 1.54) is 0 Å². The highest BCUT2D eigenvalue weighted by molar-refractivity contribution is 7.92. The summed E-state index contributed by atoms with van der Waals surface area (Å²) in [5.74, 6) is 0. The fourth-order valence-electron chi connectivity index (χ4n) is 4.06. The summed E-state index contributed by atoms with van der Waals surface area (Å²) in [4.78, 5) is 0.548. The summed E-state index contributed by atoms with van der Waals surface area (Å²) in [5.41, 5.74) is 0. The molecule has 0 aliphatic carbocycles. The van der Waals surface area contributed by atoms with E-state index in [1.54, 1.807) is 109 Å². The van der Waals surface area contributed by atoms with E-state index in [-0.39, 0.29) is 19.6 Å². The molecule has 0 fully saturated rings. The summed E-state index contributed by atoms with van der Waals surface area (Å²) in [6.45, 7) is 0. The van der Waals surface area contributed by atoms with Gasteiger partial charge in [-0.25, -0.2) is 16.8 Å². The number of hydrogen-bond donors (Lipinski definition) is 0. The van der Waals surface area contributed by atoms with Gasteiger partial charge in [0.1, 0.15) is 0 Å². The summed E-state index contributed by atoms with van der Waals surface area (Å²) >= 11 is 0. The molecule has 0 saturated heterocycles. The van der Waals surface area contributed by atoms with Gasteiger partial charge in [0.05, 0.1) is 19.6 Å². The lowest BCUT2D eigenvalue weighted by Crippen LogP contribution is -2.08. The zero-order valence-electron chi connectivity index (χ0n) is 16.8. The van der Waals surface area contributed by atoms with E-state index in [0.29, 0.717) is 21.5 Å². The van der Waals surface area contributed by atoms with E-state index < -0.39 is 19.7 Å². The maximum absolute atomic E-state index is 13.7. The van der Waals surface area contributed by atoms with Crippen LogP contribution < -0.4 is 0 Å². The molecule has 0 radical (unpaired) electrons. The van der Waals surface area contributed by atoms with Gasteiger partial charge in [-0.3, -0.25) is 0 Å². The normalized spacial score (nSPS) is 12.2. The van der Waals surface area contributed by atoms with Gasteiger partial charge in [-0.2, -0.15) is 0 Å². The third kappa shape index (κ3) is 3.11. The minimum atomic E-state index is -3.91. The fraction of sp³-hybridized carbons (Fsp3) is 0. The SMILES string of the molecule is O=S(=O)(c1ccccc1)c1c2ccccc2c(S(=O)(=O)c2ccccc2)c2ccccc12. The molecule has 5 rings (SSSR count). The van der Waals surface area contributed by atoms with E-state index in [4.69, 9.17) is 0 Å². The molecule has 4 nitrogen and oxygen atoms in total. The van der Waals surface area contributed by atoms with Gasteiger partial charge in [-0.05, 0) is 24.3 Å². The highest BCUT2D eigenvalue weighted by atomic mass is 32.2. The largest absolute Gasteiger partial charge is 0.218 e. The molecular weight excluding hydrogens is 440 g/mol. The van der Waals surface area contributed by atoms with Gasteiger partial charge in [0, 0.05) is 21.5 Å². The lowest BCUT2D eigenvalue weighted by atomic mass is 10.0. The van der Waals surface area contributed by atoms with Crippen LogP contribution in [0.25, 0.3) is 21.5 Å². The highest BCUT2D eigenvalue weighted by Crippen LogP contribution is 2.41. The lowest BCUT2D eigenvalue weighted by molar-refractivity contribution is 0.595. The first kappa shape index (κ1) is 20.4. The van der Waals surface area contributed by atoms with Crippen molar-refractivity contribution in [1.29, 1.82) is 0 Å². The summed E-state index contributed by atoms with van der Waals surface area (Å²) in [5, 5.41) is 1.52. The van der Waals surface area contributed by atoms with Crippen molar-refractivity contribution in [2.75, 3.05) is 0 Å². The Morgan fingerprint density at radius 2 is 0.594 bits per heavy atom. The van der Waals surface area contributed by atoms with Crippen molar-refractivity contribution >= 4 is 41.2 Å². The summed E-state index contributed by atoms with van der Waals surface area (Å²) in [6.07, 6.45) is 0. The monoisotopic (exact) mass is 458 g/mol.